The van der Waals surface area contributed by atoms with E-state index in [2.05, 4.69) is 10.3 Å². The first-order chi connectivity index (χ1) is 9.97. The van der Waals surface area contributed by atoms with E-state index >= 15 is 0 Å². The number of hydrogen-bond donors (Lipinski definition) is 2. The molecule has 0 saturated carbocycles. The van der Waals surface area contributed by atoms with Gasteiger partial charge in [-0.05, 0) is 18.9 Å². The number of nitrogens with one attached hydrogen (secondary N) is 1. The Hall–Kier alpha value is -2.21. The predicted octanol–water partition coefficient (Wildman–Crippen LogP) is 2.44. The second kappa shape index (κ2) is 6.05. The maximum absolute atomic E-state index is 12.3. The number of thiazole rings is 1. The number of rotatable bonds is 5. The van der Waals surface area contributed by atoms with E-state index in [9.17, 15) is 14.7 Å². The summed E-state index contributed by atoms with van der Waals surface area (Å²) in [4.78, 5) is 28.4. The van der Waals surface area contributed by atoms with Crippen molar-refractivity contribution in [2.45, 2.75) is 25.8 Å². The lowest BCUT2D eigenvalue weighted by atomic mass is 9.92. The molecule has 6 heteroatoms. The van der Waals surface area contributed by atoms with Gasteiger partial charge in [-0.2, -0.15) is 0 Å². The van der Waals surface area contributed by atoms with Crippen molar-refractivity contribution in [3.8, 4) is 0 Å². The molecule has 0 saturated heterocycles. The number of aromatic nitrogens is 1. The molecule has 0 fully saturated rings. The number of carboxylic acid groups (broad SMARTS) is 1. The Morgan fingerprint density at radius 1 is 1.33 bits per heavy atom. The monoisotopic (exact) mass is 304 g/mol. The predicted molar refractivity (Wildman–Crippen MR) is 80.4 cm³/mol. The fourth-order valence-electron chi connectivity index (χ4n) is 1.89. The van der Waals surface area contributed by atoms with Crippen molar-refractivity contribution in [2.75, 3.05) is 0 Å². The minimum atomic E-state index is -1.48. The van der Waals surface area contributed by atoms with Crippen LogP contribution in [0.3, 0.4) is 0 Å². The number of benzene rings is 1. The molecule has 0 aliphatic rings. The number of nitrogens with zero attached hydrogens (tertiary/aromatic N) is 1. The van der Waals surface area contributed by atoms with Gasteiger partial charge >= 0.3 is 5.97 Å². The summed E-state index contributed by atoms with van der Waals surface area (Å²) in [6, 6.07) is 8.64. The van der Waals surface area contributed by atoms with Crippen LogP contribution < -0.4 is 5.32 Å². The van der Waals surface area contributed by atoms with Crippen molar-refractivity contribution < 1.29 is 14.7 Å². The number of hydrogen-bond acceptors (Lipinski definition) is 4. The third-order valence-corrected chi connectivity index (χ3v) is 4.36. The molecule has 0 aliphatic carbocycles. The number of amides is 1. The summed E-state index contributed by atoms with van der Waals surface area (Å²) in [6.45, 7) is 3.43. The molecule has 0 bridgehead atoms. The first kappa shape index (κ1) is 15.2. The zero-order valence-corrected chi connectivity index (χ0v) is 12.6. The van der Waals surface area contributed by atoms with Crippen molar-refractivity contribution in [1.82, 2.24) is 10.3 Å². The Morgan fingerprint density at radius 3 is 2.52 bits per heavy atom. The van der Waals surface area contributed by atoms with E-state index < -0.39 is 17.4 Å². The highest BCUT2D eigenvalue weighted by atomic mass is 32.1. The molecule has 1 amide bonds. The van der Waals surface area contributed by atoms with Crippen LogP contribution >= 0.6 is 11.3 Å². The minimum absolute atomic E-state index is 0.412. The Balaban J connectivity index is 2.28. The van der Waals surface area contributed by atoms with Crippen molar-refractivity contribution in [1.29, 1.82) is 0 Å². The molecule has 21 heavy (non-hydrogen) atoms. The molecule has 0 aliphatic heterocycles. The van der Waals surface area contributed by atoms with E-state index in [1.165, 1.54) is 24.5 Å². The molecule has 110 valence electrons. The smallest absolute Gasteiger partial charge is 0.333 e. The summed E-state index contributed by atoms with van der Waals surface area (Å²) in [5, 5.41) is 12.9. The fourth-order valence-corrected chi connectivity index (χ4v) is 2.64. The zero-order chi connectivity index (χ0) is 15.5. The number of carbonyl (C=O) groups is 2. The molecule has 5 nitrogen and oxygen atoms in total. The summed E-state index contributed by atoms with van der Waals surface area (Å²) < 4.78 is 0. The lowest BCUT2D eigenvalue weighted by Gasteiger charge is -2.26. The average Bonchev–Trinajstić information content (AvgIpc) is 2.97. The molecular weight excluding hydrogens is 288 g/mol. The highest BCUT2D eigenvalue weighted by Crippen LogP contribution is 2.23. The number of aryl methyl sites for hydroxylation is 1. The second-order valence-electron chi connectivity index (χ2n) is 4.72. The highest BCUT2D eigenvalue weighted by molar-refractivity contribution is 7.13. The zero-order valence-electron chi connectivity index (χ0n) is 11.8. The molecule has 2 aromatic rings. The molecule has 1 aromatic carbocycles. The lowest BCUT2D eigenvalue weighted by molar-refractivity contribution is -0.144. The second-order valence-corrected chi connectivity index (χ2v) is 5.84. The first-order valence-electron chi connectivity index (χ1n) is 6.53. The molecular formula is C15H16N2O3S. The number of aliphatic carboxylic acids is 1. The summed E-state index contributed by atoms with van der Waals surface area (Å²) in [7, 11) is 0. The molecule has 2 rings (SSSR count). The largest absolute Gasteiger partial charge is 0.479 e. The van der Waals surface area contributed by atoms with Crippen LogP contribution in [0.4, 0.5) is 0 Å². The van der Waals surface area contributed by atoms with Gasteiger partial charge in [0.05, 0.1) is 11.2 Å². The summed E-state index contributed by atoms with van der Waals surface area (Å²) in [6.07, 6.45) is 2.22. The molecule has 1 unspecified atom stereocenters. The van der Waals surface area contributed by atoms with Crippen molar-refractivity contribution >= 4 is 23.2 Å². The van der Waals surface area contributed by atoms with Crippen LogP contribution in [0.25, 0.3) is 0 Å². The standard InChI is InChI=1S/C15H16N2O3S/c1-3-12-16-9-11(21-12)13(18)17-15(2,14(19)20)10-7-5-4-6-8-10/h4-9H,3H2,1-2H3,(H,17,18)(H,19,20). The van der Waals surface area contributed by atoms with E-state index in [0.29, 0.717) is 10.4 Å². The third-order valence-electron chi connectivity index (χ3n) is 3.22. The van der Waals surface area contributed by atoms with Crippen LogP contribution in [0.1, 0.15) is 34.1 Å². The Kier molecular flexibility index (Phi) is 4.37. The SMILES string of the molecule is CCc1ncc(C(=O)NC(C)(C(=O)O)c2ccccc2)s1. The van der Waals surface area contributed by atoms with E-state index in [4.69, 9.17) is 0 Å². The average molecular weight is 304 g/mol. The van der Waals surface area contributed by atoms with Gasteiger partial charge < -0.3 is 10.4 Å². The van der Waals surface area contributed by atoms with Crippen LogP contribution in [0.2, 0.25) is 0 Å². The summed E-state index contributed by atoms with van der Waals surface area (Å²) in [5.41, 5.74) is -0.958. The van der Waals surface area contributed by atoms with E-state index in [1.54, 1.807) is 30.3 Å². The van der Waals surface area contributed by atoms with Crippen molar-refractivity contribution in [3.63, 3.8) is 0 Å². The number of carbonyl (C=O) groups excluding carboxylic acids is 1. The van der Waals surface area contributed by atoms with E-state index in [0.717, 1.165) is 11.4 Å². The minimum Gasteiger partial charge on any atom is -0.479 e. The van der Waals surface area contributed by atoms with Gasteiger partial charge in [0.15, 0.2) is 5.54 Å². The van der Waals surface area contributed by atoms with Crippen LogP contribution in [0.15, 0.2) is 36.5 Å². The summed E-state index contributed by atoms with van der Waals surface area (Å²) >= 11 is 1.27. The highest BCUT2D eigenvalue weighted by Gasteiger charge is 2.37. The lowest BCUT2D eigenvalue weighted by Crippen LogP contribution is -2.49. The fraction of sp³-hybridized carbons (Fsp3) is 0.267. The third kappa shape index (κ3) is 3.11. The number of carboxylic acids is 1. The maximum Gasteiger partial charge on any atom is 0.333 e. The van der Waals surface area contributed by atoms with Gasteiger partial charge in [-0.15, -0.1) is 11.3 Å². The molecule has 2 N–H and O–H groups in total. The molecule has 1 atom stereocenters. The van der Waals surface area contributed by atoms with Crippen molar-refractivity contribution in [3.05, 3.63) is 52.0 Å². The maximum atomic E-state index is 12.3. The van der Waals surface area contributed by atoms with Gasteiger partial charge in [0.1, 0.15) is 4.88 Å². The Labute approximate surface area is 126 Å². The molecule has 0 radical (unpaired) electrons. The van der Waals surface area contributed by atoms with Crippen LogP contribution in [0, 0.1) is 0 Å². The normalized spacial score (nSPS) is 13.4. The topological polar surface area (TPSA) is 79.3 Å². The van der Waals surface area contributed by atoms with Crippen LogP contribution in [0.5, 0.6) is 0 Å². The van der Waals surface area contributed by atoms with Crippen molar-refractivity contribution in [2.24, 2.45) is 0 Å². The van der Waals surface area contributed by atoms with Gasteiger partial charge in [0, 0.05) is 0 Å². The van der Waals surface area contributed by atoms with Gasteiger partial charge in [0.25, 0.3) is 5.91 Å². The Morgan fingerprint density at radius 2 is 2.00 bits per heavy atom. The van der Waals surface area contributed by atoms with Gasteiger partial charge in [-0.3, -0.25) is 4.79 Å². The van der Waals surface area contributed by atoms with Crippen LogP contribution in [-0.2, 0) is 16.8 Å². The molecule has 1 heterocycles. The Bertz CT molecular complexity index is 654. The van der Waals surface area contributed by atoms with E-state index in [1.807, 2.05) is 6.92 Å². The van der Waals surface area contributed by atoms with Crippen LogP contribution in [-0.4, -0.2) is 22.0 Å². The van der Waals surface area contributed by atoms with Gasteiger partial charge in [-0.25, -0.2) is 9.78 Å². The van der Waals surface area contributed by atoms with Gasteiger partial charge in [-0.1, -0.05) is 37.3 Å². The molecule has 0 spiro atoms. The van der Waals surface area contributed by atoms with E-state index in [-0.39, 0.29) is 0 Å². The summed E-state index contributed by atoms with van der Waals surface area (Å²) in [5.74, 6) is -1.54. The first-order valence-corrected chi connectivity index (χ1v) is 7.35. The molecule has 1 aromatic heterocycles. The quantitative estimate of drug-likeness (QED) is 0.889. The van der Waals surface area contributed by atoms with Gasteiger partial charge in [0.2, 0.25) is 0 Å².